The number of piperazine rings is 1. The fourth-order valence-electron chi connectivity index (χ4n) is 4.39. The van der Waals surface area contributed by atoms with E-state index in [0.29, 0.717) is 11.5 Å². The van der Waals surface area contributed by atoms with E-state index in [9.17, 15) is 9.18 Å². The zero-order valence-corrected chi connectivity index (χ0v) is 15.5. The van der Waals surface area contributed by atoms with E-state index in [-0.39, 0.29) is 17.6 Å². The molecule has 1 saturated carbocycles. The van der Waals surface area contributed by atoms with Crippen molar-refractivity contribution in [1.82, 2.24) is 15.8 Å². The van der Waals surface area contributed by atoms with Gasteiger partial charge in [0.2, 0.25) is 5.91 Å². The first-order chi connectivity index (χ1) is 13.1. The van der Waals surface area contributed by atoms with Gasteiger partial charge in [-0.2, -0.15) is 0 Å². The van der Waals surface area contributed by atoms with Crippen LogP contribution in [-0.2, 0) is 4.79 Å². The minimum Gasteiger partial charge on any atom is -0.354 e. The summed E-state index contributed by atoms with van der Waals surface area (Å²) in [5.74, 6) is 0.743. The number of fused-ring (bicyclic) bond motifs is 1. The number of carbonyl (C=O) groups is 1. The van der Waals surface area contributed by atoms with Crippen molar-refractivity contribution in [1.29, 1.82) is 0 Å². The molecular weight excluding hydrogens is 347 g/mol. The molecule has 0 bridgehead atoms. The largest absolute Gasteiger partial charge is 0.354 e. The van der Waals surface area contributed by atoms with Gasteiger partial charge in [0, 0.05) is 32.1 Å². The Morgan fingerprint density at radius 2 is 1.93 bits per heavy atom. The Morgan fingerprint density at radius 1 is 1.19 bits per heavy atom. The Hall–Kier alpha value is -2.15. The van der Waals surface area contributed by atoms with Gasteiger partial charge in [0.15, 0.2) is 11.4 Å². The summed E-state index contributed by atoms with van der Waals surface area (Å²) in [5, 5.41) is 4.89. The summed E-state index contributed by atoms with van der Waals surface area (Å²) in [4.78, 5) is 15.8. The van der Waals surface area contributed by atoms with Gasteiger partial charge in [-0.1, -0.05) is 5.16 Å². The molecule has 27 heavy (non-hydrogen) atoms. The Labute approximate surface area is 158 Å². The van der Waals surface area contributed by atoms with E-state index in [0.717, 1.165) is 76.0 Å². The van der Waals surface area contributed by atoms with Gasteiger partial charge in [-0.3, -0.25) is 15.4 Å². The molecule has 2 fully saturated rings. The number of amides is 1. The van der Waals surface area contributed by atoms with Crippen LogP contribution in [0.3, 0.4) is 0 Å². The second-order valence-corrected chi connectivity index (χ2v) is 7.85. The van der Waals surface area contributed by atoms with Crippen LogP contribution in [0.15, 0.2) is 22.7 Å². The van der Waals surface area contributed by atoms with E-state index in [1.54, 1.807) is 6.07 Å². The van der Waals surface area contributed by atoms with E-state index in [1.165, 1.54) is 12.1 Å². The number of halogens is 1. The van der Waals surface area contributed by atoms with E-state index in [1.807, 2.05) is 0 Å². The van der Waals surface area contributed by atoms with Crippen LogP contribution in [-0.4, -0.2) is 48.7 Å². The minimum absolute atomic E-state index is 0.0214. The molecule has 1 N–H and O–H groups in total. The third-order valence-corrected chi connectivity index (χ3v) is 6.16. The third-order valence-electron chi connectivity index (χ3n) is 6.16. The van der Waals surface area contributed by atoms with Gasteiger partial charge >= 0.3 is 0 Å². The van der Waals surface area contributed by atoms with Crippen molar-refractivity contribution in [2.45, 2.75) is 32.1 Å². The second kappa shape index (κ2) is 7.84. The van der Waals surface area contributed by atoms with Crippen molar-refractivity contribution in [2.24, 2.45) is 11.8 Å². The lowest BCUT2D eigenvalue weighted by molar-refractivity contribution is -0.123. The highest BCUT2D eigenvalue weighted by molar-refractivity contribution is 5.88. The van der Waals surface area contributed by atoms with E-state index < -0.39 is 0 Å². The molecule has 0 unspecified atom stereocenters. The number of benzene rings is 1. The first-order valence-electron chi connectivity index (χ1n) is 9.88. The summed E-state index contributed by atoms with van der Waals surface area (Å²) in [6, 6.07) is 4.51. The van der Waals surface area contributed by atoms with Crippen LogP contribution in [0.4, 0.5) is 10.2 Å². The summed E-state index contributed by atoms with van der Waals surface area (Å²) >= 11 is 0. The molecule has 1 aromatic carbocycles. The SMILES string of the molecule is [NH]C(=O)C1CCC(CCN2CCN(c3noc4ccc(F)cc34)CC2)CC1. The van der Waals surface area contributed by atoms with Gasteiger partial charge < -0.3 is 9.42 Å². The maximum atomic E-state index is 13.5. The number of nitrogens with zero attached hydrogens (tertiary/aromatic N) is 3. The van der Waals surface area contributed by atoms with Crippen LogP contribution in [0, 0.1) is 17.7 Å². The predicted octanol–water partition coefficient (Wildman–Crippen LogP) is 3.09. The summed E-state index contributed by atoms with van der Waals surface area (Å²) in [7, 11) is 0. The molecule has 6 nitrogen and oxygen atoms in total. The van der Waals surface area contributed by atoms with Crippen molar-refractivity contribution >= 4 is 22.7 Å². The molecule has 1 saturated heterocycles. The van der Waals surface area contributed by atoms with Gasteiger partial charge in [-0.05, 0) is 62.8 Å². The van der Waals surface area contributed by atoms with Gasteiger partial charge in [-0.15, -0.1) is 0 Å². The highest BCUT2D eigenvalue weighted by atomic mass is 19.1. The molecule has 1 aliphatic heterocycles. The quantitative estimate of drug-likeness (QED) is 0.805. The smallest absolute Gasteiger partial charge is 0.241 e. The first-order valence-corrected chi connectivity index (χ1v) is 9.88. The molecule has 2 aliphatic rings. The molecule has 7 heteroatoms. The Balaban J connectivity index is 1.26. The Bertz CT molecular complexity index is 792. The van der Waals surface area contributed by atoms with Crippen molar-refractivity contribution in [2.75, 3.05) is 37.6 Å². The zero-order chi connectivity index (χ0) is 18.8. The number of anilines is 1. The van der Waals surface area contributed by atoms with E-state index in [4.69, 9.17) is 10.3 Å². The average Bonchev–Trinajstić information content (AvgIpc) is 3.10. The number of carbonyl (C=O) groups excluding carboxylic acids is 1. The highest BCUT2D eigenvalue weighted by Gasteiger charge is 2.26. The average molecular weight is 373 g/mol. The summed E-state index contributed by atoms with van der Waals surface area (Å²) in [6.07, 6.45) is 5.08. The number of nitrogens with one attached hydrogen (secondary N) is 1. The zero-order valence-electron chi connectivity index (χ0n) is 15.5. The topological polar surface area (TPSA) is 73.4 Å². The highest BCUT2D eigenvalue weighted by Crippen LogP contribution is 2.31. The van der Waals surface area contributed by atoms with Crippen LogP contribution in [0.2, 0.25) is 0 Å². The van der Waals surface area contributed by atoms with E-state index >= 15 is 0 Å². The normalized spacial score (nSPS) is 24.4. The second-order valence-electron chi connectivity index (χ2n) is 7.85. The number of hydrogen-bond acceptors (Lipinski definition) is 5. The lowest BCUT2D eigenvalue weighted by Gasteiger charge is -2.36. The molecule has 1 aromatic heterocycles. The molecule has 1 amide bonds. The number of aromatic nitrogens is 1. The van der Waals surface area contributed by atoms with Gasteiger partial charge in [-0.25, -0.2) is 4.39 Å². The maximum Gasteiger partial charge on any atom is 0.241 e. The number of rotatable bonds is 5. The molecular formula is C20H26FN4O2. The Kier molecular flexibility index (Phi) is 5.29. The lowest BCUT2D eigenvalue weighted by atomic mass is 9.80. The lowest BCUT2D eigenvalue weighted by Crippen LogP contribution is -2.47. The molecule has 2 aromatic rings. The van der Waals surface area contributed by atoms with Crippen LogP contribution in [0.5, 0.6) is 0 Å². The van der Waals surface area contributed by atoms with Crippen molar-refractivity contribution in [3.63, 3.8) is 0 Å². The first kappa shape index (κ1) is 18.2. The minimum atomic E-state index is -0.384. The fourth-order valence-corrected chi connectivity index (χ4v) is 4.39. The third kappa shape index (κ3) is 4.08. The summed E-state index contributed by atoms with van der Waals surface area (Å²) < 4.78 is 18.9. The summed E-state index contributed by atoms with van der Waals surface area (Å²) in [6.45, 7) is 4.72. The maximum absolute atomic E-state index is 13.5. The van der Waals surface area contributed by atoms with Crippen LogP contribution < -0.4 is 10.6 Å². The van der Waals surface area contributed by atoms with E-state index in [2.05, 4.69) is 15.0 Å². The fraction of sp³-hybridized carbons (Fsp3) is 0.600. The van der Waals surface area contributed by atoms with Gasteiger partial charge in [0.05, 0.1) is 5.39 Å². The molecule has 2 heterocycles. The van der Waals surface area contributed by atoms with Crippen LogP contribution in [0.1, 0.15) is 32.1 Å². The standard InChI is InChI=1S/C20H26FN4O2/c21-16-5-6-18-17(13-16)20(23-27-18)25-11-9-24(10-12-25)8-7-14-1-3-15(4-2-14)19(22)26/h5-6,13-15,22H,1-4,7-12H2. The van der Waals surface area contributed by atoms with Crippen molar-refractivity contribution < 1.29 is 13.7 Å². The summed E-state index contributed by atoms with van der Waals surface area (Å²) in [5.41, 5.74) is 7.88. The van der Waals surface area contributed by atoms with Crippen LogP contribution >= 0.6 is 0 Å². The number of hydrogen-bond donors (Lipinski definition) is 0. The van der Waals surface area contributed by atoms with Gasteiger partial charge in [0.1, 0.15) is 5.82 Å². The molecule has 1 radical (unpaired) electrons. The molecule has 0 spiro atoms. The predicted molar refractivity (Wildman–Crippen MR) is 101 cm³/mol. The molecule has 145 valence electrons. The monoisotopic (exact) mass is 373 g/mol. The van der Waals surface area contributed by atoms with Crippen molar-refractivity contribution in [3.05, 3.63) is 24.0 Å². The molecule has 0 atom stereocenters. The van der Waals surface area contributed by atoms with Crippen LogP contribution in [0.25, 0.3) is 11.0 Å². The Morgan fingerprint density at radius 3 is 2.63 bits per heavy atom. The molecule has 1 aliphatic carbocycles. The van der Waals surface area contributed by atoms with Gasteiger partial charge in [0.25, 0.3) is 0 Å². The van der Waals surface area contributed by atoms with Crippen molar-refractivity contribution in [3.8, 4) is 0 Å². The molecule has 4 rings (SSSR count).